The minimum absolute atomic E-state index is 0.0141. The van der Waals surface area contributed by atoms with Crippen molar-refractivity contribution >= 4 is 23.3 Å². The molecule has 0 aromatic heterocycles. The first-order valence-corrected chi connectivity index (χ1v) is 6.67. The Morgan fingerprint density at radius 2 is 1.76 bits per heavy atom. The molecule has 5 nitrogen and oxygen atoms in total. The molecule has 0 radical (unpaired) electrons. The Bertz CT molecular complexity index is 590. The van der Waals surface area contributed by atoms with Gasteiger partial charge in [0.05, 0.1) is 7.11 Å². The molecule has 0 heterocycles. The second-order valence-electron chi connectivity index (χ2n) is 5.13. The number of carbonyl (C=O) groups excluding carboxylic acids is 4. The van der Waals surface area contributed by atoms with Crippen molar-refractivity contribution in [2.45, 2.75) is 19.3 Å². The van der Waals surface area contributed by atoms with Crippen LogP contribution < -0.4 is 0 Å². The van der Waals surface area contributed by atoms with E-state index in [0.29, 0.717) is 0 Å². The summed E-state index contributed by atoms with van der Waals surface area (Å²) in [5, 5.41) is 0. The number of ketones is 3. The molecule has 0 saturated heterocycles. The van der Waals surface area contributed by atoms with Crippen molar-refractivity contribution in [3.8, 4) is 0 Å². The zero-order valence-electron chi connectivity index (χ0n) is 11.9. The van der Waals surface area contributed by atoms with Gasteiger partial charge in [0.25, 0.3) is 0 Å². The van der Waals surface area contributed by atoms with E-state index in [1.165, 1.54) is 14.0 Å². The topological polar surface area (TPSA) is 77.5 Å². The second-order valence-corrected chi connectivity index (χ2v) is 5.13. The van der Waals surface area contributed by atoms with Gasteiger partial charge in [-0.15, -0.1) is 0 Å². The van der Waals surface area contributed by atoms with Crippen LogP contribution in [0.2, 0.25) is 0 Å². The maximum atomic E-state index is 12.4. The Balaban J connectivity index is 2.45. The molecule has 1 aromatic rings. The van der Waals surface area contributed by atoms with E-state index in [4.69, 9.17) is 4.74 Å². The summed E-state index contributed by atoms with van der Waals surface area (Å²) in [7, 11) is 1.19. The molecule has 2 rings (SSSR count). The van der Waals surface area contributed by atoms with Crippen LogP contribution in [0.15, 0.2) is 30.3 Å². The SMILES string of the molecule is COC(=O)[C@@H]1C(=O)[C@H](C(C)=O)C(=O)C[C@@H]1c1ccccc1. The Morgan fingerprint density at radius 3 is 2.29 bits per heavy atom. The van der Waals surface area contributed by atoms with Crippen LogP contribution in [-0.4, -0.2) is 30.4 Å². The van der Waals surface area contributed by atoms with Crippen molar-refractivity contribution in [2.24, 2.45) is 11.8 Å². The first-order valence-electron chi connectivity index (χ1n) is 6.67. The number of ether oxygens (including phenoxy) is 1. The average molecular weight is 288 g/mol. The zero-order valence-corrected chi connectivity index (χ0v) is 11.9. The van der Waals surface area contributed by atoms with Crippen LogP contribution in [0, 0.1) is 11.8 Å². The predicted octanol–water partition coefficient (Wildman–Crippen LogP) is 1.31. The van der Waals surface area contributed by atoms with Gasteiger partial charge in [-0.1, -0.05) is 30.3 Å². The minimum Gasteiger partial charge on any atom is -0.468 e. The highest BCUT2D eigenvalue weighted by molar-refractivity contribution is 6.24. The van der Waals surface area contributed by atoms with Crippen LogP contribution >= 0.6 is 0 Å². The van der Waals surface area contributed by atoms with Gasteiger partial charge < -0.3 is 4.74 Å². The van der Waals surface area contributed by atoms with Gasteiger partial charge >= 0.3 is 5.97 Å². The number of carbonyl (C=O) groups is 4. The lowest BCUT2D eigenvalue weighted by molar-refractivity contribution is -0.155. The standard InChI is InChI=1S/C16H16O5/c1-9(17)13-12(18)8-11(10-6-4-3-5-7-10)14(15(13)19)16(20)21-2/h3-7,11,13-14H,8H2,1-2H3/t11-,13-,14+/m1/s1. The summed E-state index contributed by atoms with van der Waals surface area (Å²) >= 11 is 0. The molecule has 0 spiro atoms. The van der Waals surface area contributed by atoms with E-state index in [9.17, 15) is 19.2 Å². The van der Waals surface area contributed by atoms with Crippen LogP contribution in [0.4, 0.5) is 0 Å². The van der Waals surface area contributed by atoms with Crippen molar-refractivity contribution in [2.75, 3.05) is 7.11 Å². The van der Waals surface area contributed by atoms with Crippen molar-refractivity contribution < 1.29 is 23.9 Å². The normalized spacial score (nSPS) is 25.5. The van der Waals surface area contributed by atoms with Gasteiger partial charge in [-0.3, -0.25) is 19.2 Å². The molecule has 0 unspecified atom stereocenters. The fraction of sp³-hybridized carbons (Fsp3) is 0.375. The Morgan fingerprint density at radius 1 is 1.14 bits per heavy atom. The van der Waals surface area contributed by atoms with Crippen molar-refractivity contribution in [3.63, 3.8) is 0 Å². The van der Waals surface area contributed by atoms with E-state index in [-0.39, 0.29) is 6.42 Å². The Labute approximate surface area is 122 Å². The van der Waals surface area contributed by atoms with E-state index in [1.54, 1.807) is 24.3 Å². The molecule has 3 atom stereocenters. The number of rotatable bonds is 3. The van der Waals surface area contributed by atoms with Gasteiger partial charge in [-0.2, -0.15) is 0 Å². The molecule has 0 aliphatic heterocycles. The summed E-state index contributed by atoms with van der Waals surface area (Å²) in [6.45, 7) is 1.19. The monoisotopic (exact) mass is 288 g/mol. The van der Waals surface area contributed by atoms with E-state index in [1.807, 2.05) is 6.07 Å². The Kier molecular flexibility index (Phi) is 4.31. The highest BCUT2D eigenvalue weighted by Crippen LogP contribution is 2.37. The van der Waals surface area contributed by atoms with E-state index in [0.717, 1.165) is 5.56 Å². The summed E-state index contributed by atoms with van der Waals surface area (Å²) in [6, 6.07) is 8.87. The average Bonchev–Trinajstić information content (AvgIpc) is 2.46. The molecular weight excluding hydrogens is 272 g/mol. The van der Waals surface area contributed by atoms with E-state index >= 15 is 0 Å². The van der Waals surface area contributed by atoms with E-state index in [2.05, 4.69) is 0 Å². The van der Waals surface area contributed by atoms with E-state index < -0.39 is 41.1 Å². The zero-order chi connectivity index (χ0) is 15.6. The molecule has 5 heteroatoms. The number of methoxy groups -OCH3 is 1. The van der Waals surface area contributed by atoms with Gasteiger partial charge in [0.15, 0.2) is 11.6 Å². The highest BCUT2D eigenvalue weighted by Gasteiger charge is 2.49. The van der Waals surface area contributed by atoms with Gasteiger partial charge in [-0.05, 0) is 12.5 Å². The lowest BCUT2D eigenvalue weighted by Gasteiger charge is -2.31. The fourth-order valence-corrected chi connectivity index (χ4v) is 2.83. The molecule has 1 aromatic carbocycles. The third kappa shape index (κ3) is 2.77. The summed E-state index contributed by atoms with van der Waals surface area (Å²) in [6.07, 6.45) is -0.0141. The van der Waals surface area contributed by atoms with Gasteiger partial charge in [0.2, 0.25) is 0 Å². The number of benzene rings is 1. The van der Waals surface area contributed by atoms with Gasteiger partial charge in [-0.25, -0.2) is 0 Å². The maximum Gasteiger partial charge on any atom is 0.316 e. The largest absolute Gasteiger partial charge is 0.468 e. The minimum atomic E-state index is -1.34. The molecule has 21 heavy (non-hydrogen) atoms. The molecule has 0 N–H and O–H groups in total. The smallest absolute Gasteiger partial charge is 0.316 e. The first-order chi connectivity index (χ1) is 9.97. The van der Waals surface area contributed by atoms with Gasteiger partial charge in [0.1, 0.15) is 17.6 Å². The molecule has 1 aliphatic rings. The van der Waals surface area contributed by atoms with Crippen molar-refractivity contribution in [1.82, 2.24) is 0 Å². The van der Waals surface area contributed by atoms with Crippen molar-refractivity contribution in [3.05, 3.63) is 35.9 Å². The van der Waals surface area contributed by atoms with Crippen LogP contribution in [0.5, 0.6) is 0 Å². The lowest BCUT2D eigenvalue weighted by Crippen LogP contribution is -2.46. The summed E-state index contributed by atoms with van der Waals surface area (Å²) in [5.41, 5.74) is 0.719. The quantitative estimate of drug-likeness (QED) is 0.619. The third-order valence-electron chi connectivity index (χ3n) is 3.83. The van der Waals surface area contributed by atoms with Gasteiger partial charge in [0, 0.05) is 12.3 Å². The summed E-state index contributed by atoms with van der Waals surface area (Å²) in [5.74, 6) is -5.33. The highest BCUT2D eigenvalue weighted by atomic mass is 16.5. The number of Topliss-reactive ketones (excluding diaryl/α,β-unsaturated/α-hetero) is 3. The third-order valence-corrected chi connectivity index (χ3v) is 3.83. The molecule has 1 aliphatic carbocycles. The number of esters is 1. The molecular formula is C16H16O5. The molecule has 0 bridgehead atoms. The Hall–Kier alpha value is -2.30. The predicted molar refractivity (Wildman–Crippen MR) is 73.5 cm³/mol. The first kappa shape index (κ1) is 15.1. The number of hydrogen-bond acceptors (Lipinski definition) is 5. The summed E-state index contributed by atoms with van der Waals surface area (Å²) in [4.78, 5) is 48.0. The second kappa shape index (κ2) is 5.99. The van der Waals surface area contributed by atoms with Crippen LogP contribution in [0.1, 0.15) is 24.8 Å². The fourth-order valence-electron chi connectivity index (χ4n) is 2.83. The molecule has 0 amide bonds. The van der Waals surface area contributed by atoms with Crippen LogP contribution in [0.3, 0.4) is 0 Å². The number of hydrogen-bond donors (Lipinski definition) is 0. The molecule has 110 valence electrons. The lowest BCUT2D eigenvalue weighted by atomic mass is 9.68. The van der Waals surface area contributed by atoms with Crippen LogP contribution in [-0.2, 0) is 23.9 Å². The van der Waals surface area contributed by atoms with Crippen LogP contribution in [0.25, 0.3) is 0 Å². The molecule has 1 saturated carbocycles. The summed E-state index contributed by atoms with van der Waals surface area (Å²) < 4.78 is 4.69. The van der Waals surface area contributed by atoms with Crippen molar-refractivity contribution in [1.29, 1.82) is 0 Å². The maximum absolute atomic E-state index is 12.4. The molecule has 1 fully saturated rings.